The van der Waals surface area contributed by atoms with Crippen LogP contribution in [0.3, 0.4) is 0 Å². The monoisotopic (exact) mass is 651 g/mol. The fourth-order valence-electron chi connectivity index (χ4n) is 5.89. The molecule has 0 saturated heterocycles. The molecule has 1 unspecified atom stereocenters. The summed E-state index contributed by atoms with van der Waals surface area (Å²) in [6.45, 7) is 5.33. The van der Waals surface area contributed by atoms with Crippen LogP contribution in [0.1, 0.15) is 79.4 Å². The van der Waals surface area contributed by atoms with Crippen molar-refractivity contribution in [1.29, 1.82) is 0 Å². The molecule has 0 aromatic heterocycles. The highest BCUT2D eigenvalue weighted by Crippen LogP contribution is 2.25. The Balaban J connectivity index is 1.43. The Bertz CT molecular complexity index is 1520. The smallest absolute Gasteiger partial charge is 0.309 e. The number of hydrogen-bond donors (Lipinski definition) is 2. The molecule has 1 aliphatic rings. The topological polar surface area (TPSA) is 105 Å². The highest BCUT2D eigenvalue weighted by Gasteiger charge is 2.29. The van der Waals surface area contributed by atoms with Crippen molar-refractivity contribution in [3.8, 4) is 0 Å². The van der Waals surface area contributed by atoms with Crippen molar-refractivity contribution in [2.24, 2.45) is 11.8 Å². The standard InChI is InChI=1S/C40H49N3O5/c1-3-5-26-48-40(47)33(14-11-12-25-43-29-34-15-9-10-18-36(34)39(43)46)27-32(24-23-31-21-19-30(13-4-2)20-22-31)38(45)41-28-37(44)42-35-16-7-6-8-17-35/h6-12,15-22,32-33H,3-5,13-14,23-29H2,1-2H3,(H,41,45)(H,42,44)/b12-11+/t32-,33?/m1/s1. The van der Waals surface area contributed by atoms with E-state index in [1.807, 2.05) is 61.5 Å². The number of nitrogens with zero attached hydrogens (tertiary/aromatic N) is 1. The number of esters is 1. The normalized spacial score (nSPS) is 13.6. The second kappa shape index (κ2) is 19.2. The molecule has 8 nitrogen and oxygen atoms in total. The van der Waals surface area contributed by atoms with Crippen LogP contribution in [-0.2, 0) is 38.5 Å². The average molecular weight is 652 g/mol. The summed E-state index contributed by atoms with van der Waals surface area (Å²) in [6, 6.07) is 25.2. The van der Waals surface area contributed by atoms with Crippen LogP contribution < -0.4 is 10.6 Å². The van der Waals surface area contributed by atoms with E-state index < -0.39 is 11.8 Å². The third-order valence-corrected chi connectivity index (χ3v) is 8.65. The predicted molar refractivity (Wildman–Crippen MR) is 189 cm³/mol. The second-order valence-corrected chi connectivity index (χ2v) is 12.4. The SMILES string of the molecule is CCCCOC(=O)C(C/C=C/CN1Cc2ccccc2C1=O)C[C@@H](CCc1ccc(CCC)cc1)C(=O)NCC(=O)Nc1ccccc1. The number of unbranched alkanes of at least 4 members (excludes halogenated alkanes) is 1. The van der Waals surface area contributed by atoms with E-state index in [2.05, 4.69) is 41.8 Å². The van der Waals surface area contributed by atoms with Crippen molar-refractivity contribution in [3.63, 3.8) is 0 Å². The van der Waals surface area contributed by atoms with Crippen LogP contribution in [0, 0.1) is 11.8 Å². The van der Waals surface area contributed by atoms with Crippen LogP contribution in [0.2, 0.25) is 0 Å². The van der Waals surface area contributed by atoms with Gasteiger partial charge >= 0.3 is 5.97 Å². The lowest BCUT2D eigenvalue weighted by Crippen LogP contribution is -2.38. The third kappa shape index (κ3) is 11.2. The molecule has 3 aromatic carbocycles. The van der Waals surface area contributed by atoms with Crippen LogP contribution in [0.4, 0.5) is 5.69 Å². The van der Waals surface area contributed by atoms with E-state index in [4.69, 9.17) is 4.74 Å². The van der Waals surface area contributed by atoms with Gasteiger partial charge in [0.05, 0.1) is 19.1 Å². The molecule has 254 valence electrons. The molecule has 0 spiro atoms. The van der Waals surface area contributed by atoms with E-state index in [1.54, 1.807) is 17.0 Å². The number of carbonyl (C=O) groups excluding carboxylic acids is 4. The quantitative estimate of drug-likeness (QED) is 0.0834. The first kappa shape index (κ1) is 36.1. The minimum absolute atomic E-state index is 0.00142. The Labute approximate surface area is 284 Å². The largest absolute Gasteiger partial charge is 0.465 e. The van der Waals surface area contributed by atoms with Crippen molar-refractivity contribution in [2.75, 3.05) is 25.0 Å². The Morgan fingerprint density at radius 2 is 1.56 bits per heavy atom. The first-order chi connectivity index (χ1) is 23.4. The van der Waals surface area contributed by atoms with Crippen LogP contribution in [0.25, 0.3) is 0 Å². The number of allylic oxidation sites excluding steroid dienone is 1. The highest BCUT2D eigenvalue weighted by molar-refractivity contribution is 5.98. The van der Waals surface area contributed by atoms with Crippen molar-refractivity contribution in [2.45, 2.75) is 71.8 Å². The van der Waals surface area contributed by atoms with Gasteiger partial charge in [0.25, 0.3) is 5.91 Å². The van der Waals surface area contributed by atoms with Gasteiger partial charge in [-0.2, -0.15) is 0 Å². The number of nitrogens with one attached hydrogen (secondary N) is 2. The fraction of sp³-hybridized carbons (Fsp3) is 0.400. The number of ether oxygens (including phenoxy) is 1. The van der Waals surface area contributed by atoms with E-state index in [0.29, 0.717) is 44.6 Å². The fourth-order valence-corrected chi connectivity index (χ4v) is 5.89. The predicted octanol–water partition coefficient (Wildman–Crippen LogP) is 6.89. The van der Waals surface area contributed by atoms with Crippen molar-refractivity contribution < 1.29 is 23.9 Å². The first-order valence-corrected chi connectivity index (χ1v) is 17.3. The van der Waals surface area contributed by atoms with Gasteiger partial charge in [0, 0.05) is 30.3 Å². The highest BCUT2D eigenvalue weighted by atomic mass is 16.5. The zero-order valence-electron chi connectivity index (χ0n) is 28.3. The summed E-state index contributed by atoms with van der Waals surface area (Å²) >= 11 is 0. The summed E-state index contributed by atoms with van der Waals surface area (Å²) in [6.07, 6.45) is 9.42. The van der Waals surface area contributed by atoms with Gasteiger partial charge in [-0.15, -0.1) is 0 Å². The van der Waals surface area contributed by atoms with Crippen LogP contribution in [0.15, 0.2) is 91.0 Å². The lowest BCUT2D eigenvalue weighted by Gasteiger charge is -2.22. The number of anilines is 1. The molecule has 0 bridgehead atoms. The summed E-state index contributed by atoms with van der Waals surface area (Å²) in [4.78, 5) is 54.2. The molecule has 0 saturated carbocycles. The summed E-state index contributed by atoms with van der Waals surface area (Å²) in [5.41, 5.74) is 4.80. The molecule has 1 aliphatic heterocycles. The first-order valence-electron chi connectivity index (χ1n) is 17.3. The van der Waals surface area contributed by atoms with E-state index >= 15 is 0 Å². The molecule has 0 aliphatic carbocycles. The number of hydrogen-bond acceptors (Lipinski definition) is 5. The van der Waals surface area contributed by atoms with E-state index in [-0.39, 0.29) is 36.7 Å². The number of aryl methyl sites for hydroxylation is 2. The van der Waals surface area contributed by atoms with Crippen LogP contribution in [0.5, 0.6) is 0 Å². The van der Waals surface area contributed by atoms with Gasteiger partial charge in [-0.1, -0.05) is 99.5 Å². The molecule has 3 amide bonds. The van der Waals surface area contributed by atoms with Gasteiger partial charge in [0.2, 0.25) is 11.8 Å². The number of para-hydroxylation sites is 1. The molecule has 48 heavy (non-hydrogen) atoms. The van der Waals surface area contributed by atoms with Gasteiger partial charge in [-0.25, -0.2) is 0 Å². The minimum Gasteiger partial charge on any atom is -0.465 e. The van der Waals surface area contributed by atoms with Crippen LogP contribution in [-0.4, -0.2) is 48.3 Å². The molecule has 8 heteroatoms. The number of benzene rings is 3. The molecule has 4 rings (SSSR count). The molecular weight excluding hydrogens is 602 g/mol. The number of carbonyl (C=O) groups is 4. The van der Waals surface area contributed by atoms with Gasteiger partial charge in [-0.3, -0.25) is 19.2 Å². The van der Waals surface area contributed by atoms with Gasteiger partial charge < -0.3 is 20.3 Å². The van der Waals surface area contributed by atoms with Crippen molar-refractivity contribution >= 4 is 29.4 Å². The third-order valence-electron chi connectivity index (χ3n) is 8.65. The molecule has 2 atom stereocenters. The Morgan fingerprint density at radius 3 is 2.27 bits per heavy atom. The summed E-state index contributed by atoms with van der Waals surface area (Å²) in [5.74, 6) is -1.99. The number of fused-ring (bicyclic) bond motifs is 1. The lowest BCUT2D eigenvalue weighted by atomic mass is 9.87. The summed E-state index contributed by atoms with van der Waals surface area (Å²) < 4.78 is 5.65. The Morgan fingerprint density at radius 1 is 0.854 bits per heavy atom. The molecular formula is C40H49N3O5. The van der Waals surface area contributed by atoms with Gasteiger partial charge in [-0.05, 0) is 73.4 Å². The maximum atomic E-state index is 13.6. The lowest BCUT2D eigenvalue weighted by molar-refractivity contribution is -0.149. The maximum Gasteiger partial charge on any atom is 0.309 e. The van der Waals surface area contributed by atoms with E-state index in [0.717, 1.165) is 42.4 Å². The summed E-state index contributed by atoms with van der Waals surface area (Å²) in [5, 5.41) is 5.61. The molecule has 1 heterocycles. The maximum absolute atomic E-state index is 13.6. The molecule has 3 aromatic rings. The number of rotatable bonds is 19. The number of amides is 3. The Hall–Kier alpha value is -4.72. The molecule has 0 radical (unpaired) electrons. The zero-order chi connectivity index (χ0) is 34.1. The second-order valence-electron chi connectivity index (χ2n) is 12.4. The summed E-state index contributed by atoms with van der Waals surface area (Å²) in [7, 11) is 0. The minimum atomic E-state index is -0.551. The van der Waals surface area contributed by atoms with Gasteiger partial charge in [0.15, 0.2) is 0 Å². The van der Waals surface area contributed by atoms with Gasteiger partial charge in [0.1, 0.15) is 0 Å². The van der Waals surface area contributed by atoms with E-state index in [9.17, 15) is 19.2 Å². The van der Waals surface area contributed by atoms with Crippen LogP contribution >= 0.6 is 0 Å². The molecule has 0 fully saturated rings. The molecule has 2 N–H and O–H groups in total. The zero-order valence-corrected chi connectivity index (χ0v) is 28.3. The average Bonchev–Trinajstić information content (AvgIpc) is 3.42. The van der Waals surface area contributed by atoms with E-state index in [1.165, 1.54) is 5.56 Å². The van der Waals surface area contributed by atoms with Crippen molar-refractivity contribution in [1.82, 2.24) is 10.2 Å². The van der Waals surface area contributed by atoms with Crippen molar-refractivity contribution in [3.05, 3.63) is 113 Å². The Kier molecular flexibility index (Phi) is 14.4.